The highest BCUT2D eigenvalue weighted by atomic mass is 35.5. The number of carbonyl (C=O) groups is 1. The van der Waals surface area contributed by atoms with E-state index in [1.165, 1.54) is 12.1 Å². The Hall–Kier alpha value is -0.680. The maximum Gasteiger partial charge on any atom is 0.324 e. The zero-order valence-electron chi connectivity index (χ0n) is 7.91. The number of ether oxygens (including phenoxy) is 1. The molecule has 0 aliphatic heterocycles. The second kappa shape index (κ2) is 5.59. The third-order valence-corrected chi connectivity index (χ3v) is 2.73. The molecule has 1 aromatic carbocycles. The minimum atomic E-state index is -1.16. The van der Waals surface area contributed by atoms with Gasteiger partial charge in [0.15, 0.2) is 0 Å². The van der Waals surface area contributed by atoms with Crippen molar-refractivity contribution >= 4 is 40.8 Å². The molecule has 1 atom stereocenters. The van der Waals surface area contributed by atoms with Crippen LogP contribution in [0.15, 0.2) is 12.1 Å². The van der Waals surface area contributed by atoms with E-state index in [9.17, 15) is 4.79 Å². The number of halogens is 3. The molecular formula is C9H8Cl3NO3. The lowest BCUT2D eigenvalue weighted by molar-refractivity contribution is -0.139. The summed E-state index contributed by atoms with van der Waals surface area (Å²) in [4.78, 5) is 10.4. The minimum absolute atomic E-state index is 0.201. The van der Waals surface area contributed by atoms with Crippen molar-refractivity contribution in [1.82, 2.24) is 0 Å². The van der Waals surface area contributed by atoms with Crippen LogP contribution in [0.1, 0.15) is 0 Å². The number of nitrogens with two attached hydrogens (primary N) is 1. The van der Waals surface area contributed by atoms with E-state index in [0.717, 1.165) is 0 Å². The molecule has 0 radical (unpaired) electrons. The van der Waals surface area contributed by atoms with Gasteiger partial charge in [-0.2, -0.15) is 0 Å². The van der Waals surface area contributed by atoms with Crippen LogP contribution in [0.4, 0.5) is 0 Å². The molecule has 0 aromatic heterocycles. The van der Waals surface area contributed by atoms with E-state index in [4.69, 9.17) is 50.4 Å². The van der Waals surface area contributed by atoms with Gasteiger partial charge in [0.2, 0.25) is 0 Å². The van der Waals surface area contributed by atoms with E-state index in [2.05, 4.69) is 0 Å². The van der Waals surface area contributed by atoms with Crippen LogP contribution in [0.25, 0.3) is 0 Å². The van der Waals surface area contributed by atoms with Gasteiger partial charge in [-0.3, -0.25) is 4.79 Å². The predicted octanol–water partition coefficient (Wildman–Crippen LogP) is 2.44. The van der Waals surface area contributed by atoms with Crippen LogP contribution in [0.3, 0.4) is 0 Å². The fourth-order valence-electron chi connectivity index (χ4n) is 0.866. The van der Waals surface area contributed by atoms with Gasteiger partial charge in [0, 0.05) is 6.07 Å². The summed E-state index contributed by atoms with van der Waals surface area (Å²) < 4.78 is 5.11. The highest BCUT2D eigenvalue weighted by Crippen LogP contribution is 2.33. The van der Waals surface area contributed by atoms with Gasteiger partial charge in [-0.05, 0) is 6.07 Å². The summed E-state index contributed by atoms with van der Waals surface area (Å²) in [5.74, 6) is -0.913. The molecule has 16 heavy (non-hydrogen) atoms. The number of aliphatic carboxylic acids is 1. The number of benzene rings is 1. The average Bonchev–Trinajstić information content (AvgIpc) is 2.20. The molecule has 0 saturated carbocycles. The van der Waals surface area contributed by atoms with Crippen LogP contribution in [0, 0.1) is 0 Å². The lowest BCUT2D eigenvalue weighted by Gasteiger charge is -2.11. The van der Waals surface area contributed by atoms with E-state index in [-0.39, 0.29) is 22.4 Å². The van der Waals surface area contributed by atoms with Crippen LogP contribution in [-0.2, 0) is 4.79 Å². The smallest absolute Gasteiger partial charge is 0.324 e. The van der Waals surface area contributed by atoms with Crippen LogP contribution < -0.4 is 10.5 Å². The second-order valence-corrected chi connectivity index (χ2v) is 4.17. The summed E-state index contributed by atoms with van der Waals surface area (Å²) in [7, 11) is 0. The molecule has 0 aliphatic carbocycles. The van der Waals surface area contributed by atoms with E-state index in [0.29, 0.717) is 5.02 Å². The second-order valence-electron chi connectivity index (χ2n) is 2.95. The molecule has 4 nitrogen and oxygen atoms in total. The van der Waals surface area contributed by atoms with Crippen LogP contribution in [-0.4, -0.2) is 23.7 Å². The van der Waals surface area contributed by atoms with Gasteiger partial charge >= 0.3 is 5.97 Å². The molecule has 0 aliphatic rings. The topological polar surface area (TPSA) is 72.5 Å². The molecule has 1 rings (SSSR count). The Labute approximate surface area is 107 Å². The molecular weight excluding hydrogens is 276 g/mol. The van der Waals surface area contributed by atoms with Crippen molar-refractivity contribution in [3.8, 4) is 5.75 Å². The predicted molar refractivity (Wildman–Crippen MR) is 62.6 cm³/mol. The van der Waals surface area contributed by atoms with Gasteiger partial charge in [0.25, 0.3) is 0 Å². The van der Waals surface area contributed by atoms with Crippen molar-refractivity contribution in [2.45, 2.75) is 6.04 Å². The minimum Gasteiger partial charge on any atom is -0.490 e. The normalized spacial score (nSPS) is 12.2. The first-order valence-electron chi connectivity index (χ1n) is 4.17. The molecule has 88 valence electrons. The first kappa shape index (κ1) is 13.4. The van der Waals surface area contributed by atoms with Gasteiger partial charge in [0.1, 0.15) is 18.4 Å². The highest BCUT2D eigenvalue weighted by molar-refractivity contribution is 6.43. The monoisotopic (exact) mass is 283 g/mol. The molecule has 0 amide bonds. The van der Waals surface area contributed by atoms with Crippen LogP contribution >= 0.6 is 34.8 Å². The summed E-state index contributed by atoms with van der Waals surface area (Å²) in [6.07, 6.45) is 0. The van der Waals surface area contributed by atoms with Crippen LogP contribution in [0.2, 0.25) is 15.1 Å². The summed E-state index contributed by atoms with van der Waals surface area (Å²) in [5, 5.41) is 9.35. The zero-order chi connectivity index (χ0) is 12.3. The summed E-state index contributed by atoms with van der Waals surface area (Å²) in [5.41, 5.74) is 5.26. The Morgan fingerprint density at radius 2 is 1.88 bits per heavy atom. The van der Waals surface area contributed by atoms with E-state index in [1.54, 1.807) is 0 Å². The number of hydrogen-bond acceptors (Lipinski definition) is 3. The van der Waals surface area contributed by atoms with E-state index >= 15 is 0 Å². The van der Waals surface area contributed by atoms with Crippen molar-refractivity contribution in [2.24, 2.45) is 5.73 Å². The Morgan fingerprint density at radius 1 is 1.31 bits per heavy atom. The van der Waals surface area contributed by atoms with Gasteiger partial charge in [-0.25, -0.2) is 0 Å². The van der Waals surface area contributed by atoms with Crippen molar-refractivity contribution in [3.05, 3.63) is 27.2 Å². The first-order valence-corrected chi connectivity index (χ1v) is 5.31. The SMILES string of the molecule is N[C@@H](COc1cc(Cl)c(Cl)cc1Cl)C(=O)O. The molecule has 0 fully saturated rings. The maximum atomic E-state index is 10.4. The number of carboxylic acid groups (broad SMARTS) is 1. The van der Waals surface area contributed by atoms with E-state index in [1.807, 2.05) is 0 Å². The van der Waals surface area contributed by atoms with Crippen molar-refractivity contribution in [2.75, 3.05) is 6.61 Å². The first-order chi connectivity index (χ1) is 7.41. The molecule has 0 spiro atoms. The van der Waals surface area contributed by atoms with Crippen LogP contribution in [0.5, 0.6) is 5.75 Å². The zero-order valence-corrected chi connectivity index (χ0v) is 10.2. The van der Waals surface area contributed by atoms with E-state index < -0.39 is 12.0 Å². The summed E-state index contributed by atoms with van der Waals surface area (Å²) in [6, 6.07) is 1.69. The standard InChI is InChI=1S/C9H8Cl3NO3/c10-4-1-6(12)8(2-5(4)11)16-3-7(13)9(14)15/h1-2,7H,3,13H2,(H,14,15)/t7-/m0/s1. The quantitative estimate of drug-likeness (QED) is 0.833. The molecule has 0 heterocycles. The Balaban J connectivity index is 2.74. The molecule has 7 heteroatoms. The lowest BCUT2D eigenvalue weighted by atomic mass is 10.3. The largest absolute Gasteiger partial charge is 0.490 e. The number of carboxylic acids is 1. The average molecular weight is 285 g/mol. The van der Waals surface area contributed by atoms with Crippen molar-refractivity contribution < 1.29 is 14.6 Å². The molecule has 3 N–H and O–H groups in total. The fourth-order valence-corrected chi connectivity index (χ4v) is 1.46. The van der Waals surface area contributed by atoms with Gasteiger partial charge in [-0.1, -0.05) is 34.8 Å². The fraction of sp³-hybridized carbons (Fsp3) is 0.222. The lowest BCUT2D eigenvalue weighted by Crippen LogP contribution is -2.36. The van der Waals surface area contributed by atoms with Crippen molar-refractivity contribution in [3.63, 3.8) is 0 Å². The Kier molecular flexibility index (Phi) is 4.68. The molecule has 0 bridgehead atoms. The Bertz CT molecular complexity index is 411. The van der Waals surface area contributed by atoms with Gasteiger partial charge in [0.05, 0.1) is 15.1 Å². The third-order valence-electron chi connectivity index (χ3n) is 1.71. The molecule has 0 unspecified atom stereocenters. The van der Waals surface area contributed by atoms with Gasteiger partial charge < -0.3 is 15.6 Å². The van der Waals surface area contributed by atoms with Crippen molar-refractivity contribution in [1.29, 1.82) is 0 Å². The highest BCUT2D eigenvalue weighted by Gasteiger charge is 2.14. The molecule has 1 aromatic rings. The summed E-state index contributed by atoms with van der Waals surface area (Å²) >= 11 is 17.3. The number of hydrogen-bond donors (Lipinski definition) is 2. The van der Waals surface area contributed by atoms with Gasteiger partial charge in [-0.15, -0.1) is 0 Å². The number of rotatable bonds is 4. The molecule has 0 saturated heterocycles. The Morgan fingerprint density at radius 3 is 2.44 bits per heavy atom. The summed E-state index contributed by atoms with van der Waals surface area (Å²) in [6.45, 7) is -0.201. The third kappa shape index (κ3) is 3.42. The maximum absolute atomic E-state index is 10.4.